The molecule has 0 N–H and O–H groups in total. The molecule has 1 saturated heterocycles. The highest BCUT2D eigenvalue weighted by atomic mass is 32.2. The molecule has 4 rings (SSSR count). The van der Waals surface area contributed by atoms with E-state index >= 15 is 0 Å². The molecule has 3 aromatic rings. The summed E-state index contributed by atoms with van der Waals surface area (Å²) in [6.45, 7) is 6.21. The summed E-state index contributed by atoms with van der Waals surface area (Å²) in [6, 6.07) is 8.30. The zero-order chi connectivity index (χ0) is 25.2. The standard InChI is InChI=1S/C24H26N4O6S/c1-16-13-26-22(14-25-16)24(30)34-15-23(29)21-11-17(2)28(18(21)3)19-5-4-6-20(12-19)35(31,32)27-7-9-33-10-8-27/h4-6,11-14H,7-10,15H2,1-3H3. The Hall–Kier alpha value is -3.41. The number of hydrogen-bond acceptors (Lipinski definition) is 8. The van der Waals surface area contributed by atoms with E-state index in [0.29, 0.717) is 48.9 Å². The van der Waals surface area contributed by atoms with Gasteiger partial charge in [0.15, 0.2) is 12.3 Å². The van der Waals surface area contributed by atoms with Crippen molar-refractivity contribution in [3.05, 3.63) is 71.1 Å². The van der Waals surface area contributed by atoms with Crippen LogP contribution in [0.1, 0.15) is 37.9 Å². The fourth-order valence-electron chi connectivity index (χ4n) is 3.94. The zero-order valence-electron chi connectivity index (χ0n) is 19.7. The lowest BCUT2D eigenvalue weighted by molar-refractivity contribution is 0.0468. The number of sulfonamides is 1. The van der Waals surface area contributed by atoms with Crippen LogP contribution in [-0.4, -0.2) is 71.9 Å². The molecule has 0 unspecified atom stereocenters. The van der Waals surface area contributed by atoms with E-state index in [4.69, 9.17) is 9.47 Å². The molecule has 1 fully saturated rings. The summed E-state index contributed by atoms with van der Waals surface area (Å²) in [5, 5.41) is 0. The number of benzene rings is 1. The lowest BCUT2D eigenvalue weighted by Crippen LogP contribution is -2.40. The van der Waals surface area contributed by atoms with E-state index in [-0.39, 0.29) is 16.4 Å². The van der Waals surface area contributed by atoms with Crippen LogP contribution in [0.15, 0.2) is 47.6 Å². The van der Waals surface area contributed by atoms with Crippen molar-refractivity contribution >= 4 is 21.8 Å². The number of carbonyl (C=O) groups excluding carboxylic acids is 2. The first kappa shape index (κ1) is 24.7. The first-order chi connectivity index (χ1) is 16.7. The number of Topliss-reactive ketones (excluding diaryl/α,β-unsaturated/α-hetero) is 1. The van der Waals surface area contributed by atoms with Crippen molar-refractivity contribution in [2.75, 3.05) is 32.9 Å². The van der Waals surface area contributed by atoms with Crippen molar-refractivity contribution in [2.45, 2.75) is 25.7 Å². The third-order valence-electron chi connectivity index (χ3n) is 5.74. The van der Waals surface area contributed by atoms with E-state index in [0.717, 1.165) is 5.69 Å². The van der Waals surface area contributed by atoms with Gasteiger partial charge in [0.05, 0.1) is 30.0 Å². The minimum atomic E-state index is -3.67. The molecular formula is C24H26N4O6S. The molecule has 1 aliphatic heterocycles. The molecule has 0 bridgehead atoms. The highest BCUT2D eigenvalue weighted by Gasteiger charge is 2.27. The first-order valence-electron chi connectivity index (χ1n) is 11.0. The Morgan fingerprint density at radius 2 is 1.80 bits per heavy atom. The van der Waals surface area contributed by atoms with Crippen LogP contribution in [0.4, 0.5) is 0 Å². The third-order valence-corrected chi connectivity index (χ3v) is 7.63. The number of aryl methyl sites for hydroxylation is 2. The average molecular weight is 499 g/mol. The predicted molar refractivity (Wildman–Crippen MR) is 126 cm³/mol. The molecule has 11 heteroatoms. The number of morpholine rings is 1. The molecule has 0 spiro atoms. The van der Waals surface area contributed by atoms with Crippen LogP contribution < -0.4 is 0 Å². The summed E-state index contributed by atoms with van der Waals surface area (Å²) in [5.41, 5.74) is 3.02. The van der Waals surface area contributed by atoms with Crippen LogP contribution in [0.25, 0.3) is 5.69 Å². The van der Waals surface area contributed by atoms with Gasteiger partial charge in [-0.2, -0.15) is 4.31 Å². The van der Waals surface area contributed by atoms with Gasteiger partial charge < -0.3 is 14.0 Å². The van der Waals surface area contributed by atoms with Gasteiger partial charge in [0.2, 0.25) is 15.8 Å². The number of carbonyl (C=O) groups is 2. The number of esters is 1. The molecule has 10 nitrogen and oxygen atoms in total. The maximum Gasteiger partial charge on any atom is 0.358 e. The molecule has 3 heterocycles. The Bertz CT molecular complexity index is 1360. The van der Waals surface area contributed by atoms with Gasteiger partial charge in [-0.25, -0.2) is 18.2 Å². The van der Waals surface area contributed by atoms with E-state index in [1.165, 1.54) is 16.7 Å². The lowest BCUT2D eigenvalue weighted by Gasteiger charge is -2.26. The minimum absolute atomic E-state index is 0.0205. The van der Waals surface area contributed by atoms with Crippen LogP contribution in [0, 0.1) is 20.8 Å². The average Bonchev–Trinajstić information content (AvgIpc) is 3.17. The van der Waals surface area contributed by atoms with E-state index in [1.807, 2.05) is 6.92 Å². The molecule has 0 aliphatic carbocycles. The second-order valence-corrected chi connectivity index (χ2v) is 10.1. The molecule has 1 aromatic carbocycles. The number of ketones is 1. The summed E-state index contributed by atoms with van der Waals surface area (Å²) >= 11 is 0. The summed E-state index contributed by atoms with van der Waals surface area (Å²) in [6.07, 6.45) is 2.74. The maximum atomic E-state index is 13.1. The van der Waals surface area contributed by atoms with Crippen LogP contribution in [0.2, 0.25) is 0 Å². The monoisotopic (exact) mass is 498 g/mol. The van der Waals surface area contributed by atoms with Gasteiger partial charge in [-0.05, 0) is 45.0 Å². The Morgan fingerprint density at radius 1 is 1.06 bits per heavy atom. The van der Waals surface area contributed by atoms with E-state index in [9.17, 15) is 18.0 Å². The Labute approximate surface area is 203 Å². The molecule has 0 radical (unpaired) electrons. The van der Waals surface area contributed by atoms with Gasteiger partial charge in [0.25, 0.3) is 0 Å². The second-order valence-electron chi connectivity index (χ2n) is 8.18. The number of hydrogen-bond donors (Lipinski definition) is 0. The zero-order valence-corrected chi connectivity index (χ0v) is 20.5. The quantitative estimate of drug-likeness (QED) is 0.359. The summed E-state index contributed by atoms with van der Waals surface area (Å²) < 4.78 is 39.8. The first-order valence-corrected chi connectivity index (χ1v) is 12.5. The number of rotatable bonds is 7. The molecule has 0 saturated carbocycles. The van der Waals surface area contributed by atoms with Gasteiger partial charge in [0.1, 0.15) is 0 Å². The number of aromatic nitrogens is 3. The van der Waals surface area contributed by atoms with E-state index in [2.05, 4.69) is 9.97 Å². The Balaban J connectivity index is 1.54. The topological polar surface area (TPSA) is 121 Å². The predicted octanol–water partition coefficient (Wildman–Crippen LogP) is 2.25. The molecular weight excluding hydrogens is 472 g/mol. The SMILES string of the molecule is Cc1cnc(C(=O)OCC(=O)c2cc(C)n(-c3cccc(S(=O)(=O)N4CCOCC4)c3)c2C)cn1. The Morgan fingerprint density at radius 3 is 2.49 bits per heavy atom. The molecule has 1 aliphatic rings. The van der Waals surface area contributed by atoms with Gasteiger partial charge in [0, 0.05) is 41.9 Å². The number of nitrogens with zero attached hydrogens (tertiary/aromatic N) is 4. The van der Waals surface area contributed by atoms with Crippen molar-refractivity contribution in [1.29, 1.82) is 0 Å². The van der Waals surface area contributed by atoms with Crippen molar-refractivity contribution in [3.63, 3.8) is 0 Å². The van der Waals surface area contributed by atoms with Crippen molar-refractivity contribution < 1.29 is 27.5 Å². The molecule has 184 valence electrons. The van der Waals surface area contributed by atoms with Crippen LogP contribution in [-0.2, 0) is 19.5 Å². The van der Waals surface area contributed by atoms with Gasteiger partial charge in [-0.15, -0.1) is 0 Å². The molecule has 0 atom stereocenters. The van der Waals surface area contributed by atoms with Gasteiger partial charge in [-0.1, -0.05) is 6.07 Å². The third kappa shape index (κ3) is 5.16. The van der Waals surface area contributed by atoms with Crippen LogP contribution in [0.5, 0.6) is 0 Å². The second kappa shape index (κ2) is 10.1. The summed E-state index contributed by atoms with van der Waals surface area (Å²) in [4.78, 5) is 33.1. The molecule has 35 heavy (non-hydrogen) atoms. The highest BCUT2D eigenvalue weighted by Crippen LogP contribution is 2.25. The fraction of sp³-hybridized carbons (Fsp3) is 0.333. The van der Waals surface area contributed by atoms with Gasteiger partial charge >= 0.3 is 5.97 Å². The van der Waals surface area contributed by atoms with Crippen molar-refractivity contribution in [1.82, 2.24) is 18.8 Å². The van der Waals surface area contributed by atoms with Crippen molar-refractivity contribution in [3.8, 4) is 5.69 Å². The normalized spacial score (nSPS) is 14.6. The lowest BCUT2D eigenvalue weighted by atomic mass is 10.1. The van der Waals surface area contributed by atoms with Crippen molar-refractivity contribution in [2.24, 2.45) is 0 Å². The summed E-state index contributed by atoms with van der Waals surface area (Å²) in [5.74, 6) is -1.12. The minimum Gasteiger partial charge on any atom is -0.453 e. The van der Waals surface area contributed by atoms with Crippen LogP contribution in [0.3, 0.4) is 0 Å². The smallest absolute Gasteiger partial charge is 0.358 e. The maximum absolute atomic E-state index is 13.1. The van der Waals surface area contributed by atoms with Gasteiger partial charge in [-0.3, -0.25) is 9.78 Å². The Kier molecular flexibility index (Phi) is 7.10. The number of ether oxygens (including phenoxy) is 2. The summed E-state index contributed by atoms with van der Waals surface area (Å²) in [7, 11) is -3.67. The molecule has 2 aromatic heterocycles. The van der Waals surface area contributed by atoms with E-state index < -0.39 is 22.6 Å². The van der Waals surface area contributed by atoms with E-state index in [1.54, 1.807) is 48.7 Å². The van der Waals surface area contributed by atoms with Crippen LogP contribution >= 0.6 is 0 Å². The highest BCUT2D eigenvalue weighted by molar-refractivity contribution is 7.89. The largest absolute Gasteiger partial charge is 0.453 e. The molecule has 0 amide bonds. The fourth-order valence-corrected chi connectivity index (χ4v) is 5.39.